The lowest BCUT2D eigenvalue weighted by atomic mass is 10.2. The number of methoxy groups -OCH3 is 1. The number of hydrogen-bond acceptors (Lipinski definition) is 5. The van der Waals surface area contributed by atoms with Gasteiger partial charge in [-0.1, -0.05) is 18.2 Å². The van der Waals surface area contributed by atoms with Gasteiger partial charge in [0.05, 0.1) is 24.9 Å². The molecule has 3 rings (SSSR count). The van der Waals surface area contributed by atoms with Gasteiger partial charge in [-0.2, -0.15) is 4.68 Å². The van der Waals surface area contributed by atoms with Crippen LogP contribution in [-0.4, -0.2) is 33.2 Å². The molecule has 2 aromatic carbocycles. The minimum absolute atomic E-state index is 0.0837. The number of halogens is 1. The number of carbonyl (C=O) groups is 1. The maximum absolute atomic E-state index is 13.3. The third-order valence-corrected chi connectivity index (χ3v) is 3.35. The maximum Gasteiger partial charge on any atom is 0.255 e. The molecular formula is C16H14FN5O2. The third-order valence-electron chi connectivity index (χ3n) is 3.35. The SMILES string of the molecule is COc1ccccc1C(=O)NCc1nnnn1-c1cccc(F)c1. The van der Waals surface area contributed by atoms with Crippen LogP contribution in [0.25, 0.3) is 5.69 Å². The fourth-order valence-corrected chi connectivity index (χ4v) is 2.21. The molecule has 0 aliphatic rings. The molecular weight excluding hydrogens is 313 g/mol. The van der Waals surface area contributed by atoms with Gasteiger partial charge in [0.2, 0.25) is 0 Å². The zero-order chi connectivity index (χ0) is 16.9. The molecule has 122 valence electrons. The lowest BCUT2D eigenvalue weighted by Crippen LogP contribution is -2.25. The van der Waals surface area contributed by atoms with Crippen molar-refractivity contribution in [3.05, 3.63) is 65.7 Å². The monoisotopic (exact) mass is 327 g/mol. The molecule has 3 aromatic rings. The maximum atomic E-state index is 13.3. The summed E-state index contributed by atoms with van der Waals surface area (Å²) in [6.07, 6.45) is 0. The number of para-hydroxylation sites is 1. The Kier molecular flexibility index (Phi) is 4.46. The number of tetrazole rings is 1. The van der Waals surface area contributed by atoms with E-state index < -0.39 is 5.82 Å². The lowest BCUT2D eigenvalue weighted by Gasteiger charge is -2.09. The van der Waals surface area contributed by atoms with Gasteiger partial charge < -0.3 is 10.1 Å². The zero-order valence-corrected chi connectivity index (χ0v) is 12.8. The number of benzene rings is 2. The molecule has 0 fully saturated rings. The Labute approximate surface area is 137 Å². The van der Waals surface area contributed by atoms with Crippen LogP contribution in [0.2, 0.25) is 0 Å². The highest BCUT2D eigenvalue weighted by molar-refractivity contribution is 5.96. The van der Waals surface area contributed by atoms with Crippen molar-refractivity contribution in [2.45, 2.75) is 6.54 Å². The fourth-order valence-electron chi connectivity index (χ4n) is 2.21. The van der Waals surface area contributed by atoms with Gasteiger partial charge in [0.15, 0.2) is 5.82 Å². The highest BCUT2D eigenvalue weighted by Crippen LogP contribution is 2.17. The molecule has 7 nitrogen and oxygen atoms in total. The Hall–Kier alpha value is -3.29. The van der Waals surface area contributed by atoms with Crippen molar-refractivity contribution < 1.29 is 13.9 Å². The van der Waals surface area contributed by atoms with Crippen molar-refractivity contribution >= 4 is 5.91 Å². The van der Waals surface area contributed by atoms with Crippen LogP contribution in [0.4, 0.5) is 4.39 Å². The van der Waals surface area contributed by atoms with E-state index in [-0.39, 0.29) is 12.5 Å². The van der Waals surface area contributed by atoms with E-state index in [9.17, 15) is 9.18 Å². The Balaban J connectivity index is 1.76. The highest BCUT2D eigenvalue weighted by Gasteiger charge is 2.14. The molecule has 0 atom stereocenters. The first-order valence-electron chi connectivity index (χ1n) is 7.13. The van der Waals surface area contributed by atoms with E-state index in [4.69, 9.17) is 4.74 Å². The Bertz CT molecular complexity index is 865. The van der Waals surface area contributed by atoms with Gasteiger partial charge >= 0.3 is 0 Å². The van der Waals surface area contributed by atoms with E-state index in [1.165, 1.54) is 23.9 Å². The summed E-state index contributed by atoms with van der Waals surface area (Å²) in [5, 5.41) is 14.0. The van der Waals surface area contributed by atoms with Gasteiger partial charge in [0.1, 0.15) is 11.6 Å². The summed E-state index contributed by atoms with van der Waals surface area (Å²) < 4.78 is 19.9. The minimum Gasteiger partial charge on any atom is -0.496 e. The third kappa shape index (κ3) is 3.22. The first-order chi connectivity index (χ1) is 11.7. The Morgan fingerprint density at radius 1 is 1.25 bits per heavy atom. The summed E-state index contributed by atoms with van der Waals surface area (Å²) in [6, 6.07) is 12.7. The summed E-state index contributed by atoms with van der Waals surface area (Å²) in [5.41, 5.74) is 0.881. The smallest absolute Gasteiger partial charge is 0.255 e. The van der Waals surface area contributed by atoms with Crippen LogP contribution in [0.3, 0.4) is 0 Å². The van der Waals surface area contributed by atoms with Crippen LogP contribution in [-0.2, 0) is 6.54 Å². The molecule has 0 saturated carbocycles. The van der Waals surface area contributed by atoms with Gasteiger partial charge in [-0.3, -0.25) is 4.79 Å². The number of carbonyl (C=O) groups excluding carboxylic acids is 1. The molecule has 0 unspecified atom stereocenters. The summed E-state index contributed by atoms with van der Waals surface area (Å²) in [4.78, 5) is 12.3. The molecule has 0 aliphatic heterocycles. The molecule has 8 heteroatoms. The van der Waals surface area contributed by atoms with Crippen molar-refractivity contribution in [2.24, 2.45) is 0 Å². The summed E-state index contributed by atoms with van der Waals surface area (Å²) >= 11 is 0. The summed E-state index contributed by atoms with van der Waals surface area (Å²) in [5.74, 6) is 0.136. The van der Waals surface area contributed by atoms with E-state index >= 15 is 0 Å². The molecule has 1 amide bonds. The van der Waals surface area contributed by atoms with Crippen LogP contribution < -0.4 is 10.1 Å². The molecule has 0 spiro atoms. The van der Waals surface area contributed by atoms with Crippen LogP contribution in [0, 0.1) is 5.82 Å². The van der Waals surface area contributed by atoms with Crippen molar-refractivity contribution in [3.8, 4) is 11.4 Å². The first kappa shape index (κ1) is 15.6. The van der Waals surface area contributed by atoms with Gasteiger partial charge in [0, 0.05) is 0 Å². The fraction of sp³-hybridized carbons (Fsp3) is 0.125. The number of ether oxygens (including phenoxy) is 1. The van der Waals surface area contributed by atoms with Crippen LogP contribution in [0.5, 0.6) is 5.75 Å². The second-order valence-corrected chi connectivity index (χ2v) is 4.87. The molecule has 0 saturated heterocycles. The van der Waals surface area contributed by atoms with Crippen molar-refractivity contribution in [1.29, 1.82) is 0 Å². The van der Waals surface area contributed by atoms with E-state index in [1.54, 1.807) is 36.4 Å². The molecule has 1 N–H and O–H groups in total. The predicted octanol–water partition coefficient (Wildman–Crippen LogP) is 1.74. The average Bonchev–Trinajstić information content (AvgIpc) is 3.08. The lowest BCUT2D eigenvalue weighted by molar-refractivity contribution is 0.0946. The molecule has 0 aliphatic carbocycles. The van der Waals surface area contributed by atoms with Gasteiger partial charge in [-0.25, -0.2) is 4.39 Å². The second-order valence-electron chi connectivity index (χ2n) is 4.87. The molecule has 1 aromatic heterocycles. The van der Waals surface area contributed by atoms with E-state index in [1.807, 2.05) is 0 Å². The van der Waals surface area contributed by atoms with Crippen LogP contribution in [0.15, 0.2) is 48.5 Å². The molecule has 0 bridgehead atoms. The first-order valence-corrected chi connectivity index (χ1v) is 7.13. The minimum atomic E-state index is -0.396. The Morgan fingerprint density at radius 2 is 2.08 bits per heavy atom. The predicted molar refractivity (Wildman–Crippen MR) is 83.3 cm³/mol. The van der Waals surface area contributed by atoms with Gasteiger partial charge in [-0.15, -0.1) is 5.10 Å². The number of aromatic nitrogens is 4. The average molecular weight is 327 g/mol. The van der Waals surface area contributed by atoms with E-state index in [0.717, 1.165) is 0 Å². The van der Waals surface area contributed by atoms with E-state index in [0.29, 0.717) is 22.8 Å². The van der Waals surface area contributed by atoms with Crippen molar-refractivity contribution in [3.63, 3.8) is 0 Å². The van der Waals surface area contributed by atoms with Crippen molar-refractivity contribution in [2.75, 3.05) is 7.11 Å². The van der Waals surface area contributed by atoms with Crippen molar-refractivity contribution in [1.82, 2.24) is 25.5 Å². The van der Waals surface area contributed by atoms with Crippen LogP contribution >= 0.6 is 0 Å². The quantitative estimate of drug-likeness (QED) is 0.772. The largest absolute Gasteiger partial charge is 0.496 e. The molecule has 1 heterocycles. The number of nitrogens with one attached hydrogen (secondary N) is 1. The zero-order valence-electron chi connectivity index (χ0n) is 12.8. The van der Waals surface area contributed by atoms with E-state index in [2.05, 4.69) is 20.8 Å². The number of hydrogen-bond donors (Lipinski definition) is 1. The standard InChI is InChI=1S/C16H14FN5O2/c1-24-14-8-3-2-7-13(14)16(23)18-10-15-19-20-21-22(15)12-6-4-5-11(17)9-12/h2-9H,10H2,1H3,(H,18,23). The van der Waals surface area contributed by atoms with Crippen LogP contribution in [0.1, 0.15) is 16.2 Å². The summed E-state index contributed by atoms with van der Waals surface area (Å²) in [7, 11) is 1.50. The molecule has 0 radical (unpaired) electrons. The van der Waals surface area contributed by atoms with Gasteiger partial charge in [-0.05, 0) is 40.8 Å². The second kappa shape index (κ2) is 6.86. The summed E-state index contributed by atoms with van der Waals surface area (Å²) in [6.45, 7) is 0.0837. The topological polar surface area (TPSA) is 81.9 Å². The Morgan fingerprint density at radius 3 is 2.88 bits per heavy atom. The van der Waals surface area contributed by atoms with Gasteiger partial charge in [0.25, 0.3) is 5.91 Å². The molecule has 24 heavy (non-hydrogen) atoms. The highest BCUT2D eigenvalue weighted by atomic mass is 19.1. The number of amides is 1. The normalized spacial score (nSPS) is 10.4. The number of rotatable bonds is 5. The number of nitrogens with zero attached hydrogens (tertiary/aromatic N) is 4.